The van der Waals surface area contributed by atoms with E-state index in [2.05, 4.69) is 40.7 Å². The molecule has 17 heavy (non-hydrogen) atoms. The average molecular weight is 301 g/mol. The van der Waals surface area contributed by atoms with Gasteiger partial charge in [-0.3, -0.25) is 0 Å². The van der Waals surface area contributed by atoms with Crippen LogP contribution in [0.3, 0.4) is 0 Å². The molecule has 96 valence electrons. The zero-order valence-corrected chi connectivity index (χ0v) is 12.3. The van der Waals surface area contributed by atoms with E-state index in [1.165, 1.54) is 0 Å². The Kier molecular flexibility index (Phi) is 5.28. The number of aliphatic hydroxyl groups excluding tert-OH is 1. The second kappa shape index (κ2) is 6.26. The first kappa shape index (κ1) is 14.3. The quantitative estimate of drug-likeness (QED) is 0.822. The number of rotatable bonds is 5. The number of anilines is 2. The van der Waals surface area contributed by atoms with Gasteiger partial charge in [0.15, 0.2) is 0 Å². The van der Waals surface area contributed by atoms with E-state index in [0.717, 1.165) is 34.4 Å². The van der Waals surface area contributed by atoms with Crippen LogP contribution in [-0.2, 0) is 0 Å². The molecule has 0 spiro atoms. The molecule has 0 unspecified atom stereocenters. The molecule has 0 atom stereocenters. The highest BCUT2D eigenvalue weighted by molar-refractivity contribution is 9.10. The second-order valence-corrected chi connectivity index (χ2v) is 5.38. The van der Waals surface area contributed by atoms with Crippen molar-refractivity contribution < 1.29 is 5.11 Å². The molecule has 4 heteroatoms. The molecule has 0 fully saturated rings. The molecule has 1 rings (SSSR count). The number of hydrogen-bond acceptors (Lipinski definition) is 3. The van der Waals surface area contributed by atoms with Crippen LogP contribution in [0, 0.1) is 6.92 Å². The van der Waals surface area contributed by atoms with Crippen molar-refractivity contribution in [2.45, 2.75) is 33.2 Å². The third-order valence-corrected chi connectivity index (χ3v) is 3.46. The van der Waals surface area contributed by atoms with Gasteiger partial charge in [-0.2, -0.15) is 0 Å². The topological polar surface area (TPSA) is 49.5 Å². The Labute approximate surface area is 112 Å². The van der Waals surface area contributed by atoms with Gasteiger partial charge in [-0.1, -0.05) is 0 Å². The molecule has 0 amide bonds. The molecule has 1 aromatic rings. The third-order valence-electron chi connectivity index (χ3n) is 2.83. The first-order valence-electron chi connectivity index (χ1n) is 5.90. The standard InChI is InChI=1S/C13H21BrN2O/c1-9(2)16(5-4-6-17)13-7-10(3)12(15)8-11(13)14/h7-9,17H,4-6,15H2,1-3H3. The van der Waals surface area contributed by atoms with Gasteiger partial charge in [-0.25, -0.2) is 0 Å². The lowest BCUT2D eigenvalue weighted by Crippen LogP contribution is -2.32. The molecule has 0 saturated heterocycles. The van der Waals surface area contributed by atoms with Crippen molar-refractivity contribution in [1.29, 1.82) is 0 Å². The van der Waals surface area contributed by atoms with Crippen LogP contribution in [-0.4, -0.2) is 24.3 Å². The highest BCUT2D eigenvalue weighted by Gasteiger charge is 2.14. The smallest absolute Gasteiger partial charge is 0.0517 e. The van der Waals surface area contributed by atoms with Crippen molar-refractivity contribution in [3.63, 3.8) is 0 Å². The fourth-order valence-electron chi connectivity index (χ4n) is 1.80. The first-order chi connectivity index (χ1) is 7.97. The number of halogens is 1. The predicted octanol–water partition coefficient (Wildman–Crippen LogP) is 2.94. The van der Waals surface area contributed by atoms with Gasteiger partial charge in [-0.15, -0.1) is 0 Å². The molecule has 0 aliphatic rings. The van der Waals surface area contributed by atoms with Gasteiger partial charge in [0.25, 0.3) is 0 Å². The summed E-state index contributed by atoms with van der Waals surface area (Å²) in [5.74, 6) is 0. The Balaban J connectivity index is 3.05. The number of nitrogen functional groups attached to an aromatic ring is 1. The van der Waals surface area contributed by atoms with Gasteiger partial charge in [0, 0.05) is 29.4 Å². The van der Waals surface area contributed by atoms with Crippen molar-refractivity contribution in [2.24, 2.45) is 0 Å². The van der Waals surface area contributed by atoms with Crippen LogP contribution in [0.5, 0.6) is 0 Å². The SMILES string of the molecule is Cc1cc(N(CCCO)C(C)C)c(Br)cc1N. The summed E-state index contributed by atoms with van der Waals surface area (Å²) in [6.07, 6.45) is 0.772. The van der Waals surface area contributed by atoms with E-state index in [-0.39, 0.29) is 6.61 Å². The van der Waals surface area contributed by atoms with Crippen LogP contribution in [0.4, 0.5) is 11.4 Å². The Bertz CT molecular complexity index is 380. The molecule has 3 nitrogen and oxygen atoms in total. The Hall–Kier alpha value is -0.740. The maximum atomic E-state index is 8.95. The van der Waals surface area contributed by atoms with Crippen molar-refractivity contribution in [2.75, 3.05) is 23.8 Å². The van der Waals surface area contributed by atoms with Crippen LogP contribution in [0.15, 0.2) is 16.6 Å². The van der Waals surface area contributed by atoms with E-state index in [4.69, 9.17) is 10.8 Å². The zero-order chi connectivity index (χ0) is 13.0. The van der Waals surface area contributed by atoms with Crippen LogP contribution in [0.25, 0.3) is 0 Å². The molecule has 0 radical (unpaired) electrons. The predicted molar refractivity (Wildman–Crippen MR) is 77.5 cm³/mol. The lowest BCUT2D eigenvalue weighted by Gasteiger charge is -2.30. The molecular formula is C13H21BrN2O. The monoisotopic (exact) mass is 300 g/mol. The van der Waals surface area contributed by atoms with Gasteiger partial charge < -0.3 is 15.7 Å². The Morgan fingerprint density at radius 2 is 2.06 bits per heavy atom. The number of nitrogens with zero attached hydrogens (tertiary/aromatic N) is 1. The molecule has 0 aromatic heterocycles. The zero-order valence-electron chi connectivity index (χ0n) is 10.7. The van der Waals surface area contributed by atoms with Gasteiger partial charge >= 0.3 is 0 Å². The van der Waals surface area contributed by atoms with Crippen molar-refractivity contribution in [3.8, 4) is 0 Å². The summed E-state index contributed by atoms with van der Waals surface area (Å²) in [7, 11) is 0. The van der Waals surface area contributed by atoms with E-state index in [0.29, 0.717) is 6.04 Å². The van der Waals surface area contributed by atoms with Gasteiger partial charge in [0.1, 0.15) is 0 Å². The van der Waals surface area contributed by atoms with E-state index in [1.54, 1.807) is 0 Å². The molecule has 0 bridgehead atoms. The second-order valence-electron chi connectivity index (χ2n) is 4.52. The Morgan fingerprint density at radius 3 is 2.59 bits per heavy atom. The maximum Gasteiger partial charge on any atom is 0.0517 e. The molecule has 0 aliphatic heterocycles. The van der Waals surface area contributed by atoms with E-state index >= 15 is 0 Å². The highest BCUT2D eigenvalue weighted by Crippen LogP contribution is 2.32. The number of benzene rings is 1. The molecule has 0 heterocycles. The van der Waals surface area contributed by atoms with Crippen LogP contribution < -0.4 is 10.6 Å². The molecule has 0 saturated carbocycles. The summed E-state index contributed by atoms with van der Waals surface area (Å²) in [6, 6.07) is 4.43. The highest BCUT2D eigenvalue weighted by atomic mass is 79.9. The van der Waals surface area contributed by atoms with Crippen molar-refractivity contribution >= 4 is 27.3 Å². The third kappa shape index (κ3) is 3.61. The minimum Gasteiger partial charge on any atom is -0.398 e. The maximum absolute atomic E-state index is 8.95. The molecule has 1 aromatic carbocycles. The largest absolute Gasteiger partial charge is 0.398 e. The Morgan fingerprint density at radius 1 is 1.41 bits per heavy atom. The summed E-state index contributed by atoms with van der Waals surface area (Å²) in [6.45, 7) is 7.37. The van der Waals surface area contributed by atoms with Crippen LogP contribution in [0.1, 0.15) is 25.8 Å². The van der Waals surface area contributed by atoms with Crippen molar-refractivity contribution in [3.05, 3.63) is 22.2 Å². The van der Waals surface area contributed by atoms with Gasteiger partial charge in [0.2, 0.25) is 0 Å². The van der Waals surface area contributed by atoms with E-state index < -0.39 is 0 Å². The van der Waals surface area contributed by atoms with Gasteiger partial charge in [0.05, 0.1) is 5.69 Å². The molecule has 0 aliphatic carbocycles. The number of aryl methyl sites for hydroxylation is 1. The number of nitrogens with two attached hydrogens (primary N) is 1. The minimum absolute atomic E-state index is 0.217. The van der Waals surface area contributed by atoms with Gasteiger partial charge in [-0.05, 0) is 60.8 Å². The van der Waals surface area contributed by atoms with Crippen LogP contribution >= 0.6 is 15.9 Å². The normalized spacial score (nSPS) is 10.9. The summed E-state index contributed by atoms with van der Waals surface area (Å²) < 4.78 is 1.01. The number of hydrogen-bond donors (Lipinski definition) is 2. The fourth-order valence-corrected chi connectivity index (χ4v) is 2.39. The number of aliphatic hydroxyl groups is 1. The summed E-state index contributed by atoms with van der Waals surface area (Å²) in [4.78, 5) is 2.27. The fraction of sp³-hybridized carbons (Fsp3) is 0.538. The first-order valence-corrected chi connectivity index (χ1v) is 6.69. The average Bonchev–Trinajstić information content (AvgIpc) is 2.25. The minimum atomic E-state index is 0.217. The van der Waals surface area contributed by atoms with E-state index in [1.807, 2.05) is 13.0 Å². The summed E-state index contributed by atoms with van der Waals surface area (Å²) in [5, 5.41) is 8.95. The summed E-state index contributed by atoms with van der Waals surface area (Å²) in [5.41, 5.74) is 8.90. The molecular weight excluding hydrogens is 280 g/mol. The molecule has 3 N–H and O–H groups in total. The summed E-state index contributed by atoms with van der Waals surface area (Å²) >= 11 is 3.56. The lowest BCUT2D eigenvalue weighted by atomic mass is 10.1. The van der Waals surface area contributed by atoms with E-state index in [9.17, 15) is 0 Å². The van der Waals surface area contributed by atoms with Crippen molar-refractivity contribution in [1.82, 2.24) is 0 Å². The van der Waals surface area contributed by atoms with Crippen LogP contribution in [0.2, 0.25) is 0 Å². The lowest BCUT2D eigenvalue weighted by molar-refractivity contribution is 0.288.